The minimum absolute atomic E-state index is 0.0996. The monoisotopic (exact) mass is 476 g/mol. The van der Waals surface area contributed by atoms with Crippen molar-refractivity contribution in [2.24, 2.45) is 5.41 Å². The van der Waals surface area contributed by atoms with Gasteiger partial charge >= 0.3 is 0 Å². The number of rotatable bonds is 12. The fraction of sp³-hybridized carbons (Fsp3) is 0.889. The lowest BCUT2D eigenvalue weighted by molar-refractivity contribution is -0.0421. The molecule has 2 heterocycles. The lowest BCUT2D eigenvalue weighted by atomic mass is 9.70. The Labute approximate surface area is 206 Å². The summed E-state index contributed by atoms with van der Waals surface area (Å²) in [5.74, 6) is 0.510. The van der Waals surface area contributed by atoms with Gasteiger partial charge in [0.1, 0.15) is 6.23 Å². The van der Waals surface area contributed by atoms with Crippen molar-refractivity contribution in [3.8, 4) is 0 Å². The summed E-state index contributed by atoms with van der Waals surface area (Å²) < 4.78 is 20.1. The molecule has 1 N–H and O–H groups in total. The minimum atomic E-state index is 0.0996. The molecular formula is C27H48N4O3. The zero-order valence-electron chi connectivity index (χ0n) is 22.1. The van der Waals surface area contributed by atoms with Crippen LogP contribution in [-0.4, -0.2) is 73.9 Å². The Hall–Kier alpha value is -0.990. The van der Waals surface area contributed by atoms with Crippen molar-refractivity contribution < 1.29 is 14.2 Å². The number of nitrogens with zero attached hydrogens (tertiary/aromatic N) is 3. The van der Waals surface area contributed by atoms with Crippen LogP contribution in [0.15, 0.2) is 6.20 Å². The Morgan fingerprint density at radius 2 is 1.82 bits per heavy atom. The van der Waals surface area contributed by atoms with Gasteiger partial charge in [-0.05, 0) is 85.7 Å². The number of aromatic nitrogens is 2. The van der Waals surface area contributed by atoms with Gasteiger partial charge in [0.05, 0.1) is 18.9 Å². The summed E-state index contributed by atoms with van der Waals surface area (Å²) in [5.41, 5.74) is 2.87. The molecule has 1 aliphatic heterocycles. The van der Waals surface area contributed by atoms with Crippen LogP contribution in [-0.2, 0) is 20.8 Å². The zero-order valence-corrected chi connectivity index (χ0v) is 22.1. The van der Waals surface area contributed by atoms with Crippen molar-refractivity contribution in [2.45, 2.75) is 102 Å². The topological polar surface area (TPSA) is 60.8 Å². The van der Waals surface area contributed by atoms with Crippen LogP contribution < -0.4 is 5.32 Å². The molecule has 7 nitrogen and oxygen atoms in total. The molecule has 2 aliphatic carbocycles. The molecule has 0 amide bonds. The number of hydrogen-bond donors (Lipinski definition) is 1. The smallest absolute Gasteiger partial charge is 0.150 e. The first-order valence-corrected chi connectivity index (χ1v) is 13.8. The van der Waals surface area contributed by atoms with Crippen molar-refractivity contribution in [1.82, 2.24) is 20.0 Å². The Morgan fingerprint density at radius 1 is 1.12 bits per heavy atom. The van der Waals surface area contributed by atoms with Gasteiger partial charge in [0, 0.05) is 61.5 Å². The first-order valence-electron chi connectivity index (χ1n) is 13.8. The molecule has 0 bridgehead atoms. The molecule has 0 radical (unpaired) electrons. The van der Waals surface area contributed by atoms with Gasteiger partial charge in [0.25, 0.3) is 0 Å². The van der Waals surface area contributed by atoms with E-state index in [4.69, 9.17) is 19.3 Å². The van der Waals surface area contributed by atoms with E-state index in [9.17, 15) is 0 Å². The molecular weight excluding hydrogens is 428 g/mol. The van der Waals surface area contributed by atoms with Crippen molar-refractivity contribution in [2.75, 3.05) is 47.1 Å². The van der Waals surface area contributed by atoms with E-state index >= 15 is 0 Å². The maximum Gasteiger partial charge on any atom is 0.150 e. The molecule has 1 saturated heterocycles. The second-order valence-electron chi connectivity index (χ2n) is 10.9. The molecule has 1 aromatic heterocycles. The van der Waals surface area contributed by atoms with Gasteiger partial charge in [-0.3, -0.25) is 4.90 Å². The van der Waals surface area contributed by atoms with Crippen LogP contribution in [0.3, 0.4) is 0 Å². The second-order valence-corrected chi connectivity index (χ2v) is 10.9. The van der Waals surface area contributed by atoms with Crippen molar-refractivity contribution in [3.63, 3.8) is 0 Å². The molecule has 7 heteroatoms. The Balaban J connectivity index is 1.47. The van der Waals surface area contributed by atoms with Crippen LogP contribution in [0.5, 0.6) is 0 Å². The van der Waals surface area contributed by atoms with E-state index in [1.54, 1.807) is 0 Å². The van der Waals surface area contributed by atoms with Crippen LogP contribution in [0.25, 0.3) is 0 Å². The predicted octanol–water partition coefficient (Wildman–Crippen LogP) is 4.48. The van der Waals surface area contributed by atoms with E-state index in [0.29, 0.717) is 18.0 Å². The van der Waals surface area contributed by atoms with E-state index < -0.39 is 0 Å². The average Bonchev–Trinajstić information content (AvgIpc) is 3.25. The van der Waals surface area contributed by atoms with Gasteiger partial charge in [-0.2, -0.15) is 5.10 Å². The van der Waals surface area contributed by atoms with Crippen molar-refractivity contribution in [1.29, 1.82) is 0 Å². The van der Waals surface area contributed by atoms with Gasteiger partial charge in [-0.25, -0.2) is 4.68 Å². The summed E-state index contributed by atoms with van der Waals surface area (Å²) in [4.78, 5) is 2.54. The molecule has 194 valence electrons. The molecule has 3 aliphatic rings. The minimum Gasteiger partial charge on any atom is -0.381 e. The molecule has 2 saturated carbocycles. The number of ether oxygens (including phenoxy) is 3. The van der Waals surface area contributed by atoms with Crippen molar-refractivity contribution >= 4 is 0 Å². The maximum atomic E-state index is 6.10. The van der Waals surface area contributed by atoms with Gasteiger partial charge in [-0.1, -0.05) is 0 Å². The highest BCUT2D eigenvalue weighted by molar-refractivity contribution is 5.23. The zero-order chi connectivity index (χ0) is 24.0. The summed E-state index contributed by atoms with van der Waals surface area (Å²) in [7, 11) is 4.36. The van der Waals surface area contributed by atoms with Crippen LogP contribution in [0, 0.1) is 5.41 Å². The third-order valence-corrected chi connectivity index (χ3v) is 8.51. The second kappa shape index (κ2) is 12.3. The van der Waals surface area contributed by atoms with Gasteiger partial charge in [0.2, 0.25) is 0 Å². The number of hydrogen-bond acceptors (Lipinski definition) is 6. The van der Waals surface area contributed by atoms with E-state index in [1.165, 1.54) is 36.9 Å². The van der Waals surface area contributed by atoms with Crippen LogP contribution in [0.4, 0.5) is 0 Å². The average molecular weight is 477 g/mol. The van der Waals surface area contributed by atoms with Gasteiger partial charge in [-0.15, -0.1) is 0 Å². The molecule has 1 unspecified atom stereocenters. The predicted molar refractivity (Wildman–Crippen MR) is 135 cm³/mol. The molecule has 4 rings (SSSR count). The third kappa shape index (κ3) is 6.22. The Kier molecular flexibility index (Phi) is 9.44. The van der Waals surface area contributed by atoms with E-state index in [1.807, 2.05) is 0 Å². The maximum absolute atomic E-state index is 6.10. The Morgan fingerprint density at radius 3 is 2.41 bits per heavy atom. The summed E-state index contributed by atoms with van der Waals surface area (Å²) in [6.07, 6.45) is 12.9. The van der Waals surface area contributed by atoms with E-state index in [2.05, 4.69) is 49.0 Å². The summed E-state index contributed by atoms with van der Waals surface area (Å²) in [6, 6.07) is 1.34. The highest BCUT2D eigenvalue weighted by Crippen LogP contribution is 2.44. The molecule has 1 aromatic rings. The lowest BCUT2D eigenvalue weighted by Gasteiger charge is -2.41. The molecule has 0 aromatic carbocycles. The fourth-order valence-corrected chi connectivity index (χ4v) is 6.04. The van der Waals surface area contributed by atoms with E-state index in [0.717, 1.165) is 71.7 Å². The first-order chi connectivity index (χ1) is 16.6. The molecule has 0 spiro atoms. The largest absolute Gasteiger partial charge is 0.381 e. The normalized spacial score (nSPS) is 27.7. The molecule has 3 fully saturated rings. The van der Waals surface area contributed by atoms with E-state index in [-0.39, 0.29) is 11.6 Å². The summed E-state index contributed by atoms with van der Waals surface area (Å²) >= 11 is 0. The quantitative estimate of drug-likeness (QED) is 0.480. The van der Waals surface area contributed by atoms with Gasteiger partial charge in [0.15, 0.2) is 0 Å². The van der Waals surface area contributed by atoms with Crippen LogP contribution in [0.2, 0.25) is 0 Å². The fourth-order valence-electron chi connectivity index (χ4n) is 6.04. The summed E-state index contributed by atoms with van der Waals surface area (Å²) in [6.45, 7) is 9.17. The SMILES string of the molecule is CCOCC1(COCC)CCC(c2nn(C3CCCCO3)cc2CN(C)C2CC(NC)C2)CC1. The Bertz CT molecular complexity index is 724. The number of nitrogens with one attached hydrogen (secondary N) is 1. The summed E-state index contributed by atoms with van der Waals surface area (Å²) in [5, 5.41) is 8.62. The highest BCUT2D eigenvalue weighted by Gasteiger charge is 2.38. The standard InChI is InChI=1S/C27H48N4O3/c1-5-32-19-27(20-33-6-2)12-10-21(11-13-27)26-22(17-30(4)24-15-23(16-24)28-3)18-31(29-26)25-9-7-8-14-34-25/h18,21,23-25,28H,5-17,19-20H2,1-4H3. The molecule has 1 atom stereocenters. The van der Waals surface area contributed by atoms with Crippen LogP contribution >= 0.6 is 0 Å². The first kappa shape index (κ1) is 26.1. The van der Waals surface area contributed by atoms with Crippen molar-refractivity contribution in [3.05, 3.63) is 17.5 Å². The lowest BCUT2D eigenvalue weighted by Crippen LogP contribution is -2.50. The molecule has 34 heavy (non-hydrogen) atoms. The van der Waals surface area contributed by atoms with Crippen LogP contribution in [0.1, 0.15) is 95.0 Å². The highest BCUT2D eigenvalue weighted by atomic mass is 16.5. The third-order valence-electron chi connectivity index (χ3n) is 8.51. The van der Waals surface area contributed by atoms with Gasteiger partial charge < -0.3 is 19.5 Å².